The zero-order chi connectivity index (χ0) is 25.0. The second-order valence-electron chi connectivity index (χ2n) is 8.14. The summed E-state index contributed by atoms with van der Waals surface area (Å²) >= 11 is 0. The fraction of sp³-hybridized carbons (Fsp3) is 0.292. The first-order valence-corrected chi connectivity index (χ1v) is 10.6. The van der Waals surface area contributed by atoms with Crippen LogP contribution in [0.4, 0.5) is 4.79 Å². The molecule has 178 valence electrons. The number of amides is 1. The van der Waals surface area contributed by atoms with Gasteiger partial charge in [-0.05, 0) is 25.8 Å². The Hall–Kier alpha value is -4.21. The minimum atomic E-state index is -1.26. The van der Waals surface area contributed by atoms with E-state index in [-0.39, 0.29) is 17.7 Å². The van der Waals surface area contributed by atoms with Crippen molar-refractivity contribution in [1.82, 2.24) is 19.4 Å². The lowest BCUT2D eigenvalue weighted by molar-refractivity contribution is -0.134. The topological polar surface area (TPSA) is 146 Å². The number of carboxylic acid groups (broad SMARTS) is 2. The van der Waals surface area contributed by atoms with E-state index >= 15 is 0 Å². The summed E-state index contributed by atoms with van der Waals surface area (Å²) in [4.78, 5) is 54.1. The maximum absolute atomic E-state index is 13.3. The summed E-state index contributed by atoms with van der Waals surface area (Å²) in [5.74, 6) is -2.49. The summed E-state index contributed by atoms with van der Waals surface area (Å²) in [6.07, 6.45) is 4.86. The smallest absolute Gasteiger partial charge is 0.328 e. The Labute approximate surface area is 195 Å². The molecule has 3 aromatic rings. The predicted octanol–water partition coefficient (Wildman–Crippen LogP) is 2.90. The van der Waals surface area contributed by atoms with E-state index < -0.39 is 11.9 Å². The summed E-state index contributed by atoms with van der Waals surface area (Å²) in [5, 5.41) is 16.5. The van der Waals surface area contributed by atoms with Gasteiger partial charge in [0.15, 0.2) is 5.78 Å². The van der Waals surface area contributed by atoms with E-state index in [1.165, 1.54) is 0 Å². The molecule has 0 aliphatic heterocycles. The minimum absolute atomic E-state index is 0.0989. The molecular formula is C24H26N4O6. The number of hydrogen-bond acceptors (Lipinski definition) is 5. The molecule has 0 spiro atoms. The van der Waals surface area contributed by atoms with Crippen LogP contribution in [0.15, 0.2) is 42.7 Å². The number of fused-ring (bicyclic) bond motifs is 3. The lowest BCUT2D eigenvalue weighted by atomic mass is 9.82. The largest absolute Gasteiger partial charge is 0.478 e. The van der Waals surface area contributed by atoms with Crippen molar-refractivity contribution in [1.29, 1.82) is 0 Å². The van der Waals surface area contributed by atoms with E-state index in [4.69, 9.17) is 10.2 Å². The van der Waals surface area contributed by atoms with Gasteiger partial charge in [0.25, 0.3) is 0 Å². The fourth-order valence-corrected chi connectivity index (χ4v) is 4.03. The molecule has 1 aromatic carbocycles. The number of aromatic nitrogens is 3. The number of rotatable bonds is 4. The van der Waals surface area contributed by atoms with Gasteiger partial charge in [0, 0.05) is 60.9 Å². The second kappa shape index (κ2) is 10.2. The Kier molecular flexibility index (Phi) is 7.30. The maximum Gasteiger partial charge on any atom is 0.328 e. The van der Waals surface area contributed by atoms with Gasteiger partial charge in [-0.3, -0.25) is 9.36 Å². The minimum Gasteiger partial charge on any atom is -0.478 e. The van der Waals surface area contributed by atoms with Crippen LogP contribution in [0.3, 0.4) is 0 Å². The van der Waals surface area contributed by atoms with Crippen molar-refractivity contribution in [3.63, 3.8) is 0 Å². The third kappa shape index (κ3) is 5.06. The molecule has 1 amide bonds. The lowest BCUT2D eigenvalue weighted by Crippen LogP contribution is -2.31. The van der Waals surface area contributed by atoms with Gasteiger partial charge in [-0.1, -0.05) is 18.2 Å². The van der Waals surface area contributed by atoms with Gasteiger partial charge in [-0.2, -0.15) is 0 Å². The molecule has 0 fully saturated rings. The zero-order valence-corrected chi connectivity index (χ0v) is 19.1. The number of hydrogen-bond donors (Lipinski definition) is 3. The molecule has 2 aromatic heterocycles. The highest BCUT2D eigenvalue weighted by Crippen LogP contribution is 2.35. The standard InChI is InChI=1S/C20H22N4O2.C4H4O4/c1-12-15(22-11-21-12)10-13-8-9-17-18(19(13)25)14-6-4-5-7-16(14)24(17)20(26)23(2)3;5-3(6)1-2-4(7)8/h4-7,11,13H,8-10H2,1-3H3,(H,21,22);1-2H,(H,5,6)(H,7,8). The van der Waals surface area contributed by atoms with Crippen molar-refractivity contribution in [3.8, 4) is 0 Å². The number of benzene rings is 1. The first kappa shape index (κ1) is 24.4. The Morgan fingerprint density at radius 1 is 1.18 bits per heavy atom. The number of aryl methyl sites for hydroxylation is 1. The first-order chi connectivity index (χ1) is 16.1. The average Bonchev–Trinajstić information content (AvgIpc) is 3.35. The third-order valence-electron chi connectivity index (χ3n) is 5.64. The molecule has 4 rings (SSSR count). The second-order valence-corrected chi connectivity index (χ2v) is 8.14. The summed E-state index contributed by atoms with van der Waals surface area (Å²) < 4.78 is 1.71. The lowest BCUT2D eigenvalue weighted by Gasteiger charge is -2.23. The average molecular weight is 466 g/mol. The van der Waals surface area contributed by atoms with Gasteiger partial charge >= 0.3 is 18.0 Å². The number of para-hydroxylation sites is 1. The highest BCUT2D eigenvalue weighted by Gasteiger charge is 2.34. The van der Waals surface area contributed by atoms with Crippen molar-refractivity contribution >= 4 is 34.7 Å². The highest BCUT2D eigenvalue weighted by molar-refractivity contribution is 6.13. The number of ketones is 1. The zero-order valence-electron chi connectivity index (χ0n) is 19.1. The Bertz CT molecular complexity index is 1270. The van der Waals surface area contributed by atoms with Gasteiger partial charge in [-0.15, -0.1) is 0 Å². The van der Waals surface area contributed by atoms with Crippen LogP contribution in [-0.2, 0) is 22.4 Å². The molecule has 2 heterocycles. The van der Waals surface area contributed by atoms with Crippen LogP contribution in [0.2, 0.25) is 0 Å². The maximum atomic E-state index is 13.3. The molecule has 1 atom stereocenters. The Morgan fingerprint density at radius 2 is 1.82 bits per heavy atom. The van der Waals surface area contributed by atoms with Crippen molar-refractivity contribution < 1.29 is 29.4 Å². The normalized spacial score (nSPS) is 15.0. The SMILES string of the molecule is Cc1[nH]cnc1CC1CCc2c(c3ccccc3n2C(=O)N(C)C)C1=O.O=C(O)C=CC(=O)O. The number of carboxylic acids is 2. The fourth-order valence-electron chi connectivity index (χ4n) is 4.03. The number of aromatic amines is 1. The molecule has 1 unspecified atom stereocenters. The van der Waals surface area contributed by atoms with Crippen LogP contribution in [0, 0.1) is 12.8 Å². The van der Waals surface area contributed by atoms with E-state index in [0.29, 0.717) is 30.6 Å². The first-order valence-electron chi connectivity index (χ1n) is 10.6. The number of H-pyrrole nitrogens is 1. The van der Waals surface area contributed by atoms with E-state index in [1.807, 2.05) is 31.2 Å². The number of nitrogens with one attached hydrogen (secondary N) is 1. The molecule has 0 saturated heterocycles. The van der Waals surface area contributed by atoms with Crippen LogP contribution in [0.5, 0.6) is 0 Å². The molecule has 3 N–H and O–H groups in total. The van der Waals surface area contributed by atoms with Gasteiger partial charge in [0.05, 0.1) is 17.5 Å². The summed E-state index contributed by atoms with van der Waals surface area (Å²) in [6.45, 7) is 1.97. The summed E-state index contributed by atoms with van der Waals surface area (Å²) in [5.41, 5.74) is 4.31. The number of carbonyl (C=O) groups excluding carboxylic acids is 2. The predicted molar refractivity (Wildman–Crippen MR) is 124 cm³/mol. The number of aliphatic carboxylic acids is 2. The molecule has 1 aliphatic carbocycles. The monoisotopic (exact) mass is 466 g/mol. The summed E-state index contributed by atoms with van der Waals surface area (Å²) in [7, 11) is 3.47. The van der Waals surface area contributed by atoms with E-state index in [9.17, 15) is 19.2 Å². The highest BCUT2D eigenvalue weighted by atomic mass is 16.4. The molecule has 0 saturated carbocycles. The number of imidazole rings is 1. The van der Waals surface area contributed by atoms with Crippen LogP contribution >= 0.6 is 0 Å². The third-order valence-corrected chi connectivity index (χ3v) is 5.64. The van der Waals surface area contributed by atoms with Gasteiger partial charge in [0.2, 0.25) is 0 Å². The molecular weight excluding hydrogens is 440 g/mol. The number of carbonyl (C=O) groups is 4. The van der Waals surface area contributed by atoms with Gasteiger partial charge < -0.3 is 20.1 Å². The van der Waals surface area contributed by atoms with Crippen molar-refractivity contribution in [2.45, 2.75) is 26.2 Å². The van der Waals surface area contributed by atoms with E-state index in [0.717, 1.165) is 34.4 Å². The van der Waals surface area contributed by atoms with Crippen molar-refractivity contribution in [2.75, 3.05) is 14.1 Å². The molecule has 0 radical (unpaired) electrons. The van der Waals surface area contributed by atoms with Crippen molar-refractivity contribution in [3.05, 3.63) is 65.4 Å². The Balaban J connectivity index is 0.000000350. The van der Waals surface area contributed by atoms with Crippen LogP contribution in [0.1, 0.15) is 33.9 Å². The molecule has 0 bridgehead atoms. The quantitative estimate of drug-likeness (QED) is 0.501. The van der Waals surface area contributed by atoms with E-state index in [1.54, 1.807) is 29.9 Å². The van der Waals surface area contributed by atoms with E-state index in [2.05, 4.69) is 9.97 Å². The van der Waals surface area contributed by atoms with Crippen LogP contribution in [0.25, 0.3) is 10.9 Å². The van der Waals surface area contributed by atoms with Gasteiger partial charge in [0.1, 0.15) is 0 Å². The number of Topliss-reactive ketones (excluding diaryl/α,β-unsaturated/α-hetero) is 1. The number of nitrogens with zero attached hydrogens (tertiary/aromatic N) is 3. The summed E-state index contributed by atoms with van der Waals surface area (Å²) in [6, 6.07) is 7.56. The molecule has 1 aliphatic rings. The molecule has 10 heteroatoms. The Morgan fingerprint density at radius 3 is 2.38 bits per heavy atom. The van der Waals surface area contributed by atoms with Crippen molar-refractivity contribution in [2.24, 2.45) is 5.92 Å². The van der Waals surface area contributed by atoms with Crippen LogP contribution in [-0.4, -0.2) is 67.5 Å². The van der Waals surface area contributed by atoms with Crippen LogP contribution < -0.4 is 0 Å². The van der Waals surface area contributed by atoms with Gasteiger partial charge in [-0.25, -0.2) is 19.4 Å². The molecule has 34 heavy (non-hydrogen) atoms. The molecule has 10 nitrogen and oxygen atoms in total.